The highest BCUT2D eigenvalue weighted by atomic mass is 19.1. The molecule has 1 heterocycles. The SMILES string of the molecule is CCCOc1ccc(C2C(C(=O)c3ccc(F)cc3)C(=O)C(=O)N2CCCN(C)C)cc1OCC. The predicted octanol–water partition coefficient (Wildman–Crippen LogP) is 3.92. The van der Waals surface area contributed by atoms with Gasteiger partial charge < -0.3 is 19.3 Å². The van der Waals surface area contributed by atoms with Crippen molar-refractivity contribution in [2.75, 3.05) is 40.4 Å². The van der Waals surface area contributed by atoms with Gasteiger partial charge in [-0.2, -0.15) is 0 Å². The zero-order valence-electron chi connectivity index (χ0n) is 20.8. The van der Waals surface area contributed by atoms with Gasteiger partial charge in [0, 0.05) is 12.1 Å². The number of halogens is 1. The average molecular weight is 485 g/mol. The average Bonchev–Trinajstić information content (AvgIpc) is 3.08. The smallest absolute Gasteiger partial charge is 0.291 e. The summed E-state index contributed by atoms with van der Waals surface area (Å²) in [6.45, 7) is 5.81. The van der Waals surface area contributed by atoms with E-state index in [0.29, 0.717) is 43.2 Å². The second-order valence-corrected chi connectivity index (χ2v) is 8.80. The fourth-order valence-electron chi connectivity index (χ4n) is 4.26. The molecule has 2 unspecified atom stereocenters. The van der Waals surface area contributed by atoms with Gasteiger partial charge in [-0.25, -0.2) is 4.39 Å². The molecule has 0 bridgehead atoms. The largest absolute Gasteiger partial charge is 0.490 e. The molecule has 3 rings (SSSR count). The Morgan fingerprint density at radius 1 is 1.03 bits per heavy atom. The minimum absolute atomic E-state index is 0.186. The molecule has 0 saturated carbocycles. The second kappa shape index (κ2) is 11.9. The zero-order chi connectivity index (χ0) is 25.5. The van der Waals surface area contributed by atoms with Gasteiger partial charge in [-0.3, -0.25) is 14.4 Å². The Morgan fingerprint density at radius 3 is 2.37 bits per heavy atom. The van der Waals surface area contributed by atoms with Crippen LogP contribution in [0.4, 0.5) is 4.39 Å². The monoisotopic (exact) mass is 484 g/mol. The number of benzene rings is 2. The van der Waals surface area contributed by atoms with E-state index in [4.69, 9.17) is 9.47 Å². The summed E-state index contributed by atoms with van der Waals surface area (Å²) in [7, 11) is 3.86. The van der Waals surface area contributed by atoms with Crippen LogP contribution in [-0.2, 0) is 9.59 Å². The highest BCUT2D eigenvalue weighted by Gasteiger charge is 2.51. The summed E-state index contributed by atoms with van der Waals surface area (Å²) >= 11 is 0. The van der Waals surface area contributed by atoms with Crippen molar-refractivity contribution in [2.24, 2.45) is 5.92 Å². The van der Waals surface area contributed by atoms with Crippen molar-refractivity contribution in [3.8, 4) is 11.5 Å². The van der Waals surface area contributed by atoms with Crippen LogP contribution in [0.5, 0.6) is 11.5 Å². The molecule has 7 nitrogen and oxygen atoms in total. The summed E-state index contributed by atoms with van der Waals surface area (Å²) in [4.78, 5) is 43.2. The Hall–Kier alpha value is -3.26. The van der Waals surface area contributed by atoms with E-state index in [1.807, 2.05) is 32.8 Å². The van der Waals surface area contributed by atoms with Crippen molar-refractivity contribution in [1.29, 1.82) is 0 Å². The molecule has 0 aromatic heterocycles. The molecule has 188 valence electrons. The van der Waals surface area contributed by atoms with Crippen LogP contribution < -0.4 is 9.47 Å². The number of hydrogen-bond donors (Lipinski definition) is 0. The van der Waals surface area contributed by atoms with Crippen molar-refractivity contribution in [3.63, 3.8) is 0 Å². The Morgan fingerprint density at radius 2 is 1.74 bits per heavy atom. The van der Waals surface area contributed by atoms with Gasteiger partial charge in [0.25, 0.3) is 5.91 Å². The summed E-state index contributed by atoms with van der Waals surface area (Å²) < 4.78 is 25.0. The zero-order valence-corrected chi connectivity index (χ0v) is 20.8. The molecular formula is C27H33FN2O5. The standard InChI is InChI=1S/C27H33FN2O5/c1-5-16-35-21-13-10-19(17-22(21)34-6-2)24-23(25(31)18-8-11-20(28)12-9-18)26(32)27(33)30(24)15-7-14-29(3)4/h8-13,17,23-24H,5-7,14-16H2,1-4H3. The molecule has 2 aromatic carbocycles. The molecule has 0 spiro atoms. The lowest BCUT2D eigenvalue weighted by Crippen LogP contribution is -2.33. The number of hydrogen-bond acceptors (Lipinski definition) is 6. The van der Waals surface area contributed by atoms with Gasteiger partial charge in [0.15, 0.2) is 17.3 Å². The normalized spacial score (nSPS) is 17.8. The van der Waals surface area contributed by atoms with Crippen LogP contribution >= 0.6 is 0 Å². The maximum absolute atomic E-state index is 13.5. The first-order chi connectivity index (χ1) is 16.8. The summed E-state index contributed by atoms with van der Waals surface area (Å²) in [5.74, 6) is -2.60. The fraction of sp³-hybridized carbons (Fsp3) is 0.444. The summed E-state index contributed by atoms with van der Waals surface area (Å²) in [6, 6.07) is 9.50. The number of carbonyl (C=O) groups is 3. The predicted molar refractivity (Wildman–Crippen MR) is 130 cm³/mol. The molecule has 2 aromatic rings. The lowest BCUT2D eigenvalue weighted by Gasteiger charge is -2.28. The third kappa shape index (κ3) is 6.06. The van der Waals surface area contributed by atoms with E-state index in [2.05, 4.69) is 0 Å². The second-order valence-electron chi connectivity index (χ2n) is 8.80. The topological polar surface area (TPSA) is 76.2 Å². The fourth-order valence-corrected chi connectivity index (χ4v) is 4.26. The van der Waals surface area contributed by atoms with Gasteiger partial charge >= 0.3 is 0 Å². The van der Waals surface area contributed by atoms with Crippen LogP contribution in [-0.4, -0.2) is 67.7 Å². The highest BCUT2D eigenvalue weighted by molar-refractivity contribution is 6.44. The number of carbonyl (C=O) groups excluding carboxylic acids is 3. The molecule has 0 N–H and O–H groups in total. The van der Waals surface area contributed by atoms with Gasteiger partial charge in [-0.1, -0.05) is 13.0 Å². The molecule has 2 atom stereocenters. The molecular weight excluding hydrogens is 451 g/mol. The van der Waals surface area contributed by atoms with Gasteiger partial charge in [0.1, 0.15) is 11.7 Å². The Kier molecular flexibility index (Phi) is 8.98. The first kappa shape index (κ1) is 26.3. The quantitative estimate of drug-likeness (QED) is 0.258. The number of amides is 1. The van der Waals surface area contributed by atoms with Gasteiger partial charge in [-0.15, -0.1) is 0 Å². The van der Waals surface area contributed by atoms with Crippen LogP contribution in [0, 0.1) is 11.7 Å². The minimum atomic E-state index is -1.23. The number of rotatable bonds is 12. The molecule has 1 aliphatic rings. The molecule has 1 fully saturated rings. The highest BCUT2D eigenvalue weighted by Crippen LogP contribution is 2.41. The summed E-state index contributed by atoms with van der Waals surface area (Å²) in [6.07, 6.45) is 1.46. The molecule has 1 amide bonds. The Labute approximate surface area is 205 Å². The first-order valence-electron chi connectivity index (χ1n) is 12.0. The van der Waals surface area contributed by atoms with Crippen molar-refractivity contribution in [1.82, 2.24) is 9.80 Å². The van der Waals surface area contributed by atoms with E-state index < -0.39 is 35.3 Å². The first-order valence-corrected chi connectivity index (χ1v) is 12.0. The van der Waals surface area contributed by atoms with Crippen LogP contribution in [0.1, 0.15) is 48.7 Å². The van der Waals surface area contributed by atoms with E-state index in [-0.39, 0.29) is 5.56 Å². The maximum atomic E-state index is 13.5. The molecule has 1 saturated heterocycles. The number of ether oxygens (including phenoxy) is 2. The van der Waals surface area contributed by atoms with E-state index >= 15 is 0 Å². The van der Waals surface area contributed by atoms with Crippen molar-refractivity contribution < 1.29 is 28.2 Å². The molecule has 0 radical (unpaired) electrons. The molecule has 1 aliphatic heterocycles. The molecule has 8 heteroatoms. The Bertz CT molecular complexity index is 1050. The lowest BCUT2D eigenvalue weighted by atomic mass is 9.86. The number of Topliss-reactive ketones (excluding diaryl/α,β-unsaturated/α-hetero) is 2. The lowest BCUT2D eigenvalue weighted by molar-refractivity contribution is -0.140. The van der Waals surface area contributed by atoms with Gasteiger partial charge in [-0.05, 0) is 82.4 Å². The maximum Gasteiger partial charge on any atom is 0.291 e. The Balaban J connectivity index is 2.04. The van der Waals surface area contributed by atoms with Crippen LogP contribution in [0.25, 0.3) is 0 Å². The van der Waals surface area contributed by atoms with Crippen LogP contribution in [0.2, 0.25) is 0 Å². The van der Waals surface area contributed by atoms with Crippen LogP contribution in [0.3, 0.4) is 0 Å². The van der Waals surface area contributed by atoms with Crippen molar-refractivity contribution in [3.05, 3.63) is 59.4 Å². The summed E-state index contributed by atoms with van der Waals surface area (Å²) in [5, 5.41) is 0. The van der Waals surface area contributed by atoms with E-state index in [1.54, 1.807) is 18.2 Å². The number of likely N-dealkylation sites (tertiary alicyclic amines) is 1. The van der Waals surface area contributed by atoms with Crippen molar-refractivity contribution >= 4 is 17.5 Å². The number of nitrogens with zero attached hydrogens (tertiary/aromatic N) is 2. The van der Waals surface area contributed by atoms with Gasteiger partial charge in [0.2, 0.25) is 5.78 Å². The van der Waals surface area contributed by atoms with E-state index in [1.165, 1.54) is 29.2 Å². The molecule has 35 heavy (non-hydrogen) atoms. The third-order valence-electron chi connectivity index (χ3n) is 5.89. The van der Waals surface area contributed by atoms with E-state index in [0.717, 1.165) is 13.0 Å². The van der Waals surface area contributed by atoms with E-state index in [9.17, 15) is 18.8 Å². The van der Waals surface area contributed by atoms with Crippen molar-refractivity contribution in [2.45, 2.75) is 32.7 Å². The number of ketones is 2. The van der Waals surface area contributed by atoms with Gasteiger partial charge in [0.05, 0.1) is 19.3 Å². The summed E-state index contributed by atoms with van der Waals surface area (Å²) in [5.41, 5.74) is 0.799. The minimum Gasteiger partial charge on any atom is -0.490 e. The van der Waals surface area contributed by atoms with Crippen LogP contribution in [0.15, 0.2) is 42.5 Å². The third-order valence-corrected chi connectivity index (χ3v) is 5.89. The molecule has 0 aliphatic carbocycles.